The molecule has 1 saturated heterocycles. The molecule has 0 radical (unpaired) electrons. The number of nitrogens with one attached hydrogen (secondary N) is 1. The van der Waals surface area contributed by atoms with Crippen molar-refractivity contribution in [3.8, 4) is 5.75 Å². The van der Waals surface area contributed by atoms with Gasteiger partial charge in [0.2, 0.25) is 5.91 Å². The van der Waals surface area contributed by atoms with Gasteiger partial charge in [0.1, 0.15) is 11.3 Å². The molecule has 1 aliphatic heterocycles. The van der Waals surface area contributed by atoms with E-state index in [2.05, 4.69) is 5.32 Å². The molecule has 3 rings (SSSR count). The average Bonchev–Trinajstić information content (AvgIpc) is 3.07. The van der Waals surface area contributed by atoms with Gasteiger partial charge in [0.15, 0.2) is 0 Å². The number of carbonyl (C=O) groups excluding carboxylic acids is 2. The van der Waals surface area contributed by atoms with Crippen LogP contribution >= 0.6 is 0 Å². The predicted molar refractivity (Wildman–Crippen MR) is 111 cm³/mol. The number of piperidine rings is 1. The van der Waals surface area contributed by atoms with Gasteiger partial charge in [-0.3, -0.25) is 4.79 Å². The van der Waals surface area contributed by atoms with Crippen molar-refractivity contribution in [2.24, 2.45) is 0 Å². The molecule has 1 fully saturated rings. The van der Waals surface area contributed by atoms with Crippen molar-refractivity contribution in [1.29, 1.82) is 0 Å². The number of ether oxygens (including phenoxy) is 2. The number of likely N-dealkylation sites (tertiary alicyclic amines) is 1. The van der Waals surface area contributed by atoms with Gasteiger partial charge in [-0.1, -0.05) is 0 Å². The summed E-state index contributed by atoms with van der Waals surface area (Å²) in [6, 6.07) is 3.87. The van der Waals surface area contributed by atoms with Crippen molar-refractivity contribution in [1.82, 2.24) is 10.2 Å². The Morgan fingerprint density at radius 2 is 2.03 bits per heavy atom. The minimum absolute atomic E-state index is 0.0396. The Morgan fingerprint density at radius 1 is 1.31 bits per heavy atom. The first-order chi connectivity index (χ1) is 13.9. The summed E-state index contributed by atoms with van der Waals surface area (Å²) in [5.41, 5.74) is 3.46. The summed E-state index contributed by atoms with van der Waals surface area (Å²) in [6.45, 7) is 7.19. The molecular weight excluding hydrogens is 372 g/mol. The number of carbonyl (C=O) groups is 2. The summed E-state index contributed by atoms with van der Waals surface area (Å²) in [6.07, 6.45) is 4.44. The number of furan rings is 1. The molecule has 1 aromatic carbocycles. The zero-order chi connectivity index (χ0) is 21.0. The molecule has 0 saturated carbocycles. The number of aryl methyl sites for hydroxylation is 1. The van der Waals surface area contributed by atoms with E-state index in [4.69, 9.17) is 13.9 Å². The Bertz CT molecular complexity index is 923. The molecule has 7 nitrogen and oxygen atoms in total. The molecular formula is C22H28N2O5. The maximum absolute atomic E-state index is 12.5. The van der Waals surface area contributed by atoms with Gasteiger partial charge in [-0.15, -0.1) is 0 Å². The molecule has 29 heavy (non-hydrogen) atoms. The number of hydrogen-bond acceptors (Lipinski definition) is 5. The van der Waals surface area contributed by atoms with E-state index >= 15 is 0 Å². The van der Waals surface area contributed by atoms with E-state index in [1.807, 2.05) is 26.0 Å². The van der Waals surface area contributed by atoms with Crippen LogP contribution in [0.25, 0.3) is 16.5 Å². The first-order valence-electron chi connectivity index (χ1n) is 9.89. The van der Waals surface area contributed by atoms with Crippen molar-refractivity contribution in [3.05, 3.63) is 35.6 Å². The maximum Gasteiger partial charge on any atom is 0.409 e. The van der Waals surface area contributed by atoms with Crippen LogP contribution in [-0.2, 0) is 9.53 Å². The van der Waals surface area contributed by atoms with Gasteiger partial charge in [-0.25, -0.2) is 4.79 Å². The fourth-order valence-corrected chi connectivity index (χ4v) is 3.60. The predicted octanol–water partition coefficient (Wildman–Crippen LogP) is 3.89. The van der Waals surface area contributed by atoms with Gasteiger partial charge in [0.05, 0.1) is 20.0 Å². The summed E-state index contributed by atoms with van der Waals surface area (Å²) in [5.74, 6) is 0.513. The molecule has 1 N–H and O–H groups in total. The molecule has 0 unspecified atom stereocenters. The lowest BCUT2D eigenvalue weighted by molar-refractivity contribution is -0.117. The number of amides is 2. The molecule has 1 aromatic heterocycles. The van der Waals surface area contributed by atoms with Crippen LogP contribution in [-0.4, -0.2) is 49.7 Å². The summed E-state index contributed by atoms with van der Waals surface area (Å²) >= 11 is 0. The quantitative estimate of drug-likeness (QED) is 0.770. The van der Waals surface area contributed by atoms with Gasteiger partial charge in [-0.05, 0) is 50.8 Å². The number of methoxy groups -OCH3 is 1. The Hall–Kier alpha value is -2.96. The van der Waals surface area contributed by atoms with Crippen LogP contribution in [0.2, 0.25) is 0 Å². The van der Waals surface area contributed by atoms with E-state index in [1.54, 1.807) is 31.3 Å². The monoisotopic (exact) mass is 400 g/mol. The average molecular weight is 400 g/mol. The minimum atomic E-state index is -0.287. The number of hydrogen-bond donors (Lipinski definition) is 1. The first-order valence-corrected chi connectivity index (χ1v) is 9.89. The van der Waals surface area contributed by atoms with Crippen LogP contribution < -0.4 is 10.1 Å². The fraction of sp³-hybridized carbons (Fsp3) is 0.455. The van der Waals surface area contributed by atoms with E-state index < -0.39 is 0 Å². The molecule has 2 aromatic rings. The van der Waals surface area contributed by atoms with Gasteiger partial charge in [-0.2, -0.15) is 0 Å². The topological polar surface area (TPSA) is 81.0 Å². The molecule has 2 amide bonds. The van der Waals surface area contributed by atoms with Crippen LogP contribution in [0.5, 0.6) is 5.75 Å². The number of fused-ring (bicyclic) bond motifs is 1. The molecule has 1 aliphatic rings. The standard InChI is InChI=1S/C22H28N2O5/c1-5-28-22(26)24-8-6-16(7-9-24)23-21(25)10-14(2)17-11-18-15(3)13-29-20(18)12-19(17)27-4/h10-13,16H,5-9H2,1-4H3,(H,23,25)/b14-10+. The van der Waals surface area contributed by atoms with Crippen LogP contribution in [0, 0.1) is 6.92 Å². The van der Waals surface area contributed by atoms with E-state index in [1.165, 1.54) is 0 Å². The second-order valence-corrected chi connectivity index (χ2v) is 7.26. The summed E-state index contributed by atoms with van der Waals surface area (Å²) in [5, 5.41) is 4.04. The third-order valence-electron chi connectivity index (χ3n) is 5.23. The molecule has 7 heteroatoms. The number of allylic oxidation sites excluding steroid dienone is 1. The summed E-state index contributed by atoms with van der Waals surface area (Å²) in [7, 11) is 1.60. The van der Waals surface area contributed by atoms with E-state index in [0.29, 0.717) is 38.3 Å². The Labute approximate surface area is 170 Å². The lowest BCUT2D eigenvalue weighted by atomic mass is 10.0. The largest absolute Gasteiger partial charge is 0.496 e. The van der Waals surface area contributed by atoms with E-state index in [-0.39, 0.29) is 18.0 Å². The zero-order valence-electron chi connectivity index (χ0n) is 17.4. The molecule has 2 heterocycles. The van der Waals surface area contributed by atoms with Crippen molar-refractivity contribution in [3.63, 3.8) is 0 Å². The summed E-state index contributed by atoms with van der Waals surface area (Å²) < 4.78 is 16.0. The highest BCUT2D eigenvalue weighted by Crippen LogP contribution is 2.33. The van der Waals surface area contributed by atoms with Crippen molar-refractivity contribution in [2.75, 3.05) is 26.8 Å². The van der Waals surface area contributed by atoms with E-state index in [0.717, 1.165) is 27.7 Å². The molecule has 156 valence electrons. The van der Waals surface area contributed by atoms with Gasteiger partial charge < -0.3 is 24.1 Å². The SMILES string of the molecule is CCOC(=O)N1CCC(NC(=O)/C=C(\C)c2cc3c(C)coc3cc2OC)CC1. The number of rotatable bonds is 5. The number of benzene rings is 1. The van der Waals surface area contributed by atoms with Crippen molar-refractivity contribution >= 4 is 28.5 Å². The molecule has 0 bridgehead atoms. The van der Waals surface area contributed by atoms with Crippen LogP contribution in [0.1, 0.15) is 37.8 Å². The van der Waals surface area contributed by atoms with Crippen molar-refractivity contribution < 1.29 is 23.5 Å². The van der Waals surface area contributed by atoms with Crippen LogP contribution in [0.15, 0.2) is 28.9 Å². The zero-order valence-corrected chi connectivity index (χ0v) is 17.4. The summed E-state index contributed by atoms with van der Waals surface area (Å²) in [4.78, 5) is 26.0. The third-order valence-corrected chi connectivity index (χ3v) is 5.23. The Morgan fingerprint density at radius 3 is 2.69 bits per heavy atom. The molecule has 0 spiro atoms. The lowest BCUT2D eigenvalue weighted by Crippen LogP contribution is -2.46. The second kappa shape index (κ2) is 9.03. The number of nitrogens with zero attached hydrogens (tertiary/aromatic N) is 1. The normalized spacial score (nSPS) is 15.4. The van der Waals surface area contributed by atoms with Gasteiger partial charge >= 0.3 is 6.09 Å². The van der Waals surface area contributed by atoms with E-state index in [9.17, 15) is 9.59 Å². The molecule has 0 aliphatic carbocycles. The van der Waals surface area contributed by atoms with Crippen LogP contribution in [0.3, 0.4) is 0 Å². The minimum Gasteiger partial charge on any atom is -0.496 e. The fourth-order valence-electron chi connectivity index (χ4n) is 3.60. The van der Waals surface area contributed by atoms with Crippen LogP contribution in [0.4, 0.5) is 4.79 Å². The highest BCUT2D eigenvalue weighted by molar-refractivity contribution is 5.97. The Balaban J connectivity index is 1.66. The second-order valence-electron chi connectivity index (χ2n) is 7.26. The third kappa shape index (κ3) is 4.72. The highest BCUT2D eigenvalue weighted by Gasteiger charge is 2.24. The molecule has 0 atom stereocenters. The van der Waals surface area contributed by atoms with Crippen molar-refractivity contribution in [2.45, 2.75) is 39.7 Å². The Kier molecular flexibility index (Phi) is 6.46. The smallest absolute Gasteiger partial charge is 0.409 e. The van der Waals surface area contributed by atoms with Gasteiger partial charge in [0.25, 0.3) is 0 Å². The maximum atomic E-state index is 12.5. The highest BCUT2D eigenvalue weighted by atomic mass is 16.6. The van der Waals surface area contributed by atoms with Gasteiger partial charge in [0, 0.05) is 42.2 Å². The first kappa shape index (κ1) is 20.8. The lowest BCUT2D eigenvalue weighted by Gasteiger charge is -2.31.